The van der Waals surface area contributed by atoms with E-state index in [1.54, 1.807) is 13.8 Å². The molecule has 0 fully saturated rings. The van der Waals surface area contributed by atoms with Crippen LogP contribution < -0.4 is 9.47 Å². The Morgan fingerprint density at radius 2 is 2.11 bits per heavy atom. The van der Waals surface area contributed by atoms with E-state index in [-0.39, 0.29) is 16.0 Å². The first-order valence-electron chi connectivity index (χ1n) is 5.21. The molecule has 0 heterocycles. The fourth-order valence-electron chi connectivity index (χ4n) is 1.20. The molecule has 0 aliphatic heterocycles. The van der Waals surface area contributed by atoms with Crippen LogP contribution in [0.3, 0.4) is 0 Å². The molecule has 0 radical (unpaired) electrons. The molecule has 1 rings (SSSR count). The van der Waals surface area contributed by atoms with Gasteiger partial charge in [-0.05, 0) is 15.9 Å². The summed E-state index contributed by atoms with van der Waals surface area (Å²) in [5.74, 6) is -2.46. The minimum Gasteiger partial charge on any atom is -0.492 e. The minimum atomic E-state index is -1.09. The first-order valence-corrected chi connectivity index (χ1v) is 6.01. The molecule has 0 N–H and O–H groups in total. The van der Waals surface area contributed by atoms with Crippen LogP contribution in [0.4, 0.5) is 10.1 Å². The highest BCUT2D eigenvalue weighted by Gasteiger charge is 2.27. The highest BCUT2D eigenvalue weighted by Crippen LogP contribution is 2.42. The van der Waals surface area contributed by atoms with E-state index < -0.39 is 28.3 Å². The van der Waals surface area contributed by atoms with E-state index in [1.165, 1.54) is 7.11 Å². The Labute approximate surface area is 116 Å². The zero-order valence-electron chi connectivity index (χ0n) is 10.4. The number of carbonyl (C=O) groups is 1. The summed E-state index contributed by atoms with van der Waals surface area (Å²) in [4.78, 5) is 21.3. The molecular formula is C11H11BrFNO5. The van der Waals surface area contributed by atoms with Crippen molar-refractivity contribution < 1.29 is 23.6 Å². The Hall–Kier alpha value is -1.70. The van der Waals surface area contributed by atoms with Crippen LogP contribution in [0.2, 0.25) is 0 Å². The molecule has 19 heavy (non-hydrogen) atoms. The summed E-state index contributed by atoms with van der Waals surface area (Å²) < 4.78 is 23.2. The number of nitro groups is 1. The quantitative estimate of drug-likeness (QED) is 0.365. The highest BCUT2D eigenvalue weighted by molar-refractivity contribution is 9.10. The summed E-state index contributed by atoms with van der Waals surface area (Å²) in [6.45, 7) is 3.20. The number of esters is 1. The minimum absolute atomic E-state index is 0.114. The maximum atomic E-state index is 13.7. The number of methoxy groups -OCH3 is 1. The molecule has 8 heteroatoms. The van der Waals surface area contributed by atoms with Gasteiger partial charge < -0.3 is 9.47 Å². The second-order valence-electron chi connectivity index (χ2n) is 3.89. The van der Waals surface area contributed by atoms with E-state index in [2.05, 4.69) is 15.9 Å². The molecule has 0 atom stereocenters. The topological polar surface area (TPSA) is 78.7 Å². The van der Waals surface area contributed by atoms with Crippen molar-refractivity contribution in [1.82, 2.24) is 0 Å². The van der Waals surface area contributed by atoms with Crippen LogP contribution >= 0.6 is 15.9 Å². The van der Waals surface area contributed by atoms with Crippen molar-refractivity contribution in [3.05, 3.63) is 26.5 Å². The fourth-order valence-corrected chi connectivity index (χ4v) is 1.76. The average molecular weight is 336 g/mol. The number of benzene rings is 1. The van der Waals surface area contributed by atoms with Gasteiger partial charge in [-0.1, -0.05) is 13.8 Å². The molecule has 0 aliphatic rings. The Morgan fingerprint density at radius 3 is 2.53 bits per heavy atom. The van der Waals surface area contributed by atoms with Gasteiger partial charge in [-0.3, -0.25) is 14.9 Å². The monoisotopic (exact) mass is 335 g/mol. The van der Waals surface area contributed by atoms with Gasteiger partial charge >= 0.3 is 11.7 Å². The molecule has 1 aromatic carbocycles. The van der Waals surface area contributed by atoms with Gasteiger partial charge in [0, 0.05) is 0 Å². The summed E-state index contributed by atoms with van der Waals surface area (Å²) in [6, 6.07) is 0.819. The van der Waals surface area contributed by atoms with E-state index in [1.807, 2.05) is 0 Å². The van der Waals surface area contributed by atoms with Gasteiger partial charge in [0.2, 0.25) is 5.82 Å². The maximum Gasteiger partial charge on any atom is 0.313 e. The van der Waals surface area contributed by atoms with Crippen molar-refractivity contribution in [3.8, 4) is 11.5 Å². The molecule has 0 amide bonds. The molecule has 0 bridgehead atoms. The van der Waals surface area contributed by atoms with Crippen LogP contribution in [-0.4, -0.2) is 18.0 Å². The van der Waals surface area contributed by atoms with E-state index >= 15 is 0 Å². The molecule has 0 spiro atoms. The number of nitro benzene ring substituents is 1. The number of rotatable bonds is 4. The molecular weight excluding hydrogens is 325 g/mol. The standard InChI is InChI=1S/C11H11BrFNO5/c1-5(2)11(15)19-7-4-6(14(16)17)9(13)8(12)10(7)18-3/h4-5H,1-3H3. The van der Waals surface area contributed by atoms with Crippen molar-refractivity contribution >= 4 is 27.6 Å². The van der Waals surface area contributed by atoms with Crippen molar-refractivity contribution in [1.29, 1.82) is 0 Å². The van der Waals surface area contributed by atoms with Crippen molar-refractivity contribution in [2.75, 3.05) is 7.11 Å². The maximum absolute atomic E-state index is 13.7. The first kappa shape index (κ1) is 15.4. The van der Waals surface area contributed by atoms with Crippen LogP contribution in [0.5, 0.6) is 11.5 Å². The van der Waals surface area contributed by atoms with Gasteiger partial charge in [-0.2, -0.15) is 4.39 Å². The van der Waals surface area contributed by atoms with Crippen LogP contribution in [0.25, 0.3) is 0 Å². The zero-order valence-corrected chi connectivity index (χ0v) is 12.0. The number of nitrogens with zero attached hydrogens (tertiary/aromatic N) is 1. The third-order valence-corrected chi connectivity index (χ3v) is 2.90. The van der Waals surface area contributed by atoms with Crippen molar-refractivity contribution in [2.45, 2.75) is 13.8 Å². The molecule has 0 unspecified atom stereocenters. The lowest BCUT2D eigenvalue weighted by atomic mass is 10.2. The van der Waals surface area contributed by atoms with E-state index in [4.69, 9.17) is 9.47 Å². The number of carbonyl (C=O) groups excluding carboxylic acids is 1. The third-order valence-electron chi connectivity index (χ3n) is 2.19. The molecule has 0 aliphatic carbocycles. The smallest absolute Gasteiger partial charge is 0.313 e. The second-order valence-corrected chi connectivity index (χ2v) is 4.68. The van der Waals surface area contributed by atoms with Gasteiger partial charge in [0.15, 0.2) is 11.5 Å². The number of hydrogen-bond acceptors (Lipinski definition) is 5. The Kier molecular flexibility index (Phi) is 4.82. The predicted octanol–water partition coefficient (Wildman–Crippen LogP) is 3.07. The molecule has 1 aromatic rings. The summed E-state index contributed by atoms with van der Waals surface area (Å²) in [5, 5.41) is 10.7. The number of hydrogen-bond donors (Lipinski definition) is 0. The number of halogens is 2. The second kappa shape index (κ2) is 5.96. The molecule has 104 valence electrons. The molecule has 6 nitrogen and oxygen atoms in total. The first-order chi connectivity index (χ1) is 8.79. The van der Waals surface area contributed by atoms with Crippen LogP contribution in [0, 0.1) is 21.8 Å². The highest BCUT2D eigenvalue weighted by atomic mass is 79.9. The molecule has 0 saturated carbocycles. The lowest BCUT2D eigenvalue weighted by molar-refractivity contribution is -0.387. The van der Waals surface area contributed by atoms with Gasteiger partial charge in [0.05, 0.1) is 24.0 Å². The predicted molar refractivity (Wildman–Crippen MR) is 67.8 cm³/mol. The van der Waals surface area contributed by atoms with Gasteiger partial charge in [0.25, 0.3) is 0 Å². The van der Waals surface area contributed by atoms with Crippen molar-refractivity contribution in [2.24, 2.45) is 5.92 Å². The molecule has 0 aromatic heterocycles. The fraction of sp³-hybridized carbons (Fsp3) is 0.364. The summed E-state index contributed by atoms with van der Waals surface area (Å²) in [7, 11) is 1.23. The Bertz CT molecular complexity index is 532. The van der Waals surface area contributed by atoms with Gasteiger partial charge in [-0.25, -0.2) is 0 Å². The normalized spacial score (nSPS) is 10.4. The molecule has 0 saturated heterocycles. The zero-order chi connectivity index (χ0) is 14.7. The van der Waals surface area contributed by atoms with Gasteiger partial charge in [0.1, 0.15) is 4.47 Å². The van der Waals surface area contributed by atoms with E-state index in [0.717, 1.165) is 6.07 Å². The lowest BCUT2D eigenvalue weighted by Gasteiger charge is -2.12. The summed E-state index contributed by atoms with van der Waals surface area (Å²) >= 11 is 2.84. The summed E-state index contributed by atoms with van der Waals surface area (Å²) in [6.07, 6.45) is 0. The number of ether oxygens (including phenoxy) is 2. The lowest BCUT2D eigenvalue weighted by Crippen LogP contribution is -2.15. The van der Waals surface area contributed by atoms with Gasteiger partial charge in [-0.15, -0.1) is 0 Å². The van der Waals surface area contributed by atoms with Crippen molar-refractivity contribution in [3.63, 3.8) is 0 Å². The van der Waals surface area contributed by atoms with E-state index in [9.17, 15) is 19.3 Å². The van der Waals surface area contributed by atoms with Crippen LogP contribution in [0.1, 0.15) is 13.8 Å². The average Bonchev–Trinajstić information content (AvgIpc) is 2.33. The third kappa shape index (κ3) is 3.19. The summed E-state index contributed by atoms with van der Waals surface area (Å²) in [5.41, 5.74) is -0.806. The van der Waals surface area contributed by atoms with E-state index in [0.29, 0.717) is 0 Å². The Balaban J connectivity index is 3.37. The van der Waals surface area contributed by atoms with Crippen LogP contribution in [-0.2, 0) is 4.79 Å². The largest absolute Gasteiger partial charge is 0.492 e. The Morgan fingerprint density at radius 1 is 1.53 bits per heavy atom. The SMILES string of the molecule is COc1c(OC(=O)C(C)C)cc([N+](=O)[O-])c(F)c1Br. The van der Waals surface area contributed by atoms with Crippen LogP contribution in [0.15, 0.2) is 10.5 Å².